The maximum Gasteiger partial charge on any atom is 0.407 e. The van der Waals surface area contributed by atoms with Gasteiger partial charge in [0.15, 0.2) is 0 Å². The second-order valence-corrected chi connectivity index (χ2v) is 9.49. The summed E-state index contributed by atoms with van der Waals surface area (Å²) in [4.78, 5) is 27.5. The first-order valence-corrected chi connectivity index (χ1v) is 13.3. The number of carbonyl (C=O) groups is 2. The van der Waals surface area contributed by atoms with E-state index in [0.29, 0.717) is 31.8 Å². The summed E-state index contributed by atoms with van der Waals surface area (Å²) in [7, 11) is 3.25. The maximum atomic E-state index is 13.6. The topological polar surface area (TPSA) is 89.1 Å². The molecule has 2 atom stereocenters. The van der Waals surface area contributed by atoms with E-state index in [9.17, 15) is 9.59 Å². The van der Waals surface area contributed by atoms with Gasteiger partial charge in [0, 0.05) is 37.3 Å². The van der Waals surface area contributed by atoms with Gasteiger partial charge in [0.1, 0.15) is 18.1 Å². The van der Waals surface area contributed by atoms with E-state index < -0.39 is 6.09 Å². The van der Waals surface area contributed by atoms with Crippen LogP contribution in [-0.2, 0) is 22.7 Å². The van der Waals surface area contributed by atoms with Crippen LogP contribution in [0.3, 0.4) is 0 Å². The minimum absolute atomic E-state index is 0.0965. The fraction of sp³-hybridized carbons (Fsp3) is 0.467. The molecule has 3 rings (SSSR count). The van der Waals surface area contributed by atoms with Crippen molar-refractivity contribution in [3.8, 4) is 11.5 Å². The summed E-state index contributed by atoms with van der Waals surface area (Å²) >= 11 is 0. The molecule has 2 aromatic rings. The zero-order valence-corrected chi connectivity index (χ0v) is 22.6. The van der Waals surface area contributed by atoms with E-state index >= 15 is 0 Å². The Morgan fingerprint density at radius 3 is 2.68 bits per heavy atom. The highest BCUT2D eigenvalue weighted by Gasteiger charge is 2.30. The highest BCUT2D eigenvalue weighted by Crippen LogP contribution is 2.27. The number of allylic oxidation sites excluding steroid dienone is 1. The standard InChI is InChI=1S/C30H41N3O5/c1-4-5-13-25-17-19-33(21-24-15-16-26(36-2)20-28(24)37-3)29(34)27(32-25)14-9-10-18-31-30(35)38-22-23-11-7-6-8-12-23/h4,6-8,11-12,15-16,20,25,27,32H,1,5,9-10,13-14,17-19,21-22H2,2-3H3,(H,31,35)/t25-,27+/m1/s1. The van der Waals surface area contributed by atoms with Gasteiger partial charge in [0.05, 0.1) is 20.3 Å². The van der Waals surface area contributed by atoms with Crippen LogP contribution in [0.15, 0.2) is 61.2 Å². The molecule has 0 radical (unpaired) electrons. The molecule has 206 valence electrons. The van der Waals surface area contributed by atoms with Crippen LogP contribution in [0.5, 0.6) is 11.5 Å². The monoisotopic (exact) mass is 523 g/mol. The number of amides is 2. The summed E-state index contributed by atoms with van der Waals surface area (Å²) in [5.41, 5.74) is 1.89. The van der Waals surface area contributed by atoms with Crippen LogP contribution in [0.2, 0.25) is 0 Å². The van der Waals surface area contributed by atoms with Crippen molar-refractivity contribution in [2.24, 2.45) is 0 Å². The second-order valence-electron chi connectivity index (χ2n) is 9.49. The molecule has 38 heavy (non-hydrogen) atoms. The molecule has 1 aliphatic rings. The van der Waals surface area contributed by atoms with Crippen LogP contribution in [0.4, 0.5) is 4.79 Å². The first-order valence-electron chi connectivity index (χ1n) is 13.3. The average molecular weight is 524 g/mol. The quantitative estimate of drug-likeness (QED) is 0.273. The number of rotatable bonds is 14. The van der Waals surface area contributed by atoms with E-state index in [1.54, 1.807) is 14.2 Å². The van der Waals surface area contributed by atoms with Gasteiger partial charge in [-0.15, -0.1) is 6.58 Å². The summed E-state index contributed by atoms with van der Waals surface area (Å²) in [6, 6.07) is 15.2. The average Bonchev–Trinajstić information content (AvgIpc) is 3.09. The summed E-state index contributed by atoms with van der Waals surface area (Å²) in [5.74, 6) is 1.52. The normalized spacial score (nSPS) is 17.4. The first kappa shape index (κ1) is 29.0. The van der Waals surface area contributed by atoms with Gasteiger partial charge in [0.2, 0.25) is 5.91 Å². The van der Waals surface area contributed by atoms with Crippen molar-refractivity contribution in [2.75, 3.05) is 27.3 Å². The SMILES string of the molecule is C=CCC[C@@H]1CCN(Cc2ccc(OC)cc2OC)C(=O)[C@H](CCCCNC(=O)OCc2ccccc2)N1. The van der Waals surface area contributed by atoms with Gasteiger partial charge in [-0.25, -0.2) is 4.79 Å². The predicted molar refractivity (Wildman–Crippen MR) is 148 cm³/mol. The van der Waals surface area contributed by atoms with E-state index in [4.69, 9.17) is 14.2 Å². The van der Waals surface area contributed by atoms with Gasteiger partial charge in [-0.3, -0.25) is 4.79 Å². The van der Waals surface area contributed by atoms with Crippen LogP contribution in [0.25, 0.3) is 0 Å². The van der Waals surface area contributed by atoms with E-state index in [1.807, 2.05) is 59.5 Å². The van der Waals surface area contributed by atoms with E-state index in [0.717, 1.165) is 49.0 Å². The van der Waals surface area contributed by atoms with Gasteiger partial charge < -0.3 is 29.7 Å². The van der Waals surface area contributed by atoms with Crippen molar-refractivity contribution >= 4 is 12.0 Å². The molecular weight excluding hydrogens is 482 g/mol. The van der Waals surface area contributed by atoms with Crippen LogP contribution in [0, 0.1) is 0 Å². The Kier molecular flexibility index (Phi) is 12.0. The number of alkyl carbamates (subject to hydrolysis) is 1. The lowest BCUT2D eigenvalue weighted by Crippen LogP contribution is -2.45. The smallest absolute Gasteiger partial charge is 0.407 e. The molecule has 1 saturated heterocycles. The molecule has 2 aromatic carbocycles. The number of carbonyl (C=O) groups excluding carboxylic acids is 2. The van der Waals surface area contributed by atoms with Crippen molar-refractivity contribution < 1.29 is 23.8 Å². The number of hydrogen-bond donors (Lipinski definition) is 2. The van der Waals surface area contributed by atoms with Crippen LogP contribution in [-0.4, -0.2) is 56.3 Å². The molecule has 2 N–H and O–H groups in total. The molecule has 1 fully saturated rings. The molecule has 0 spiro atoms. The predicted octanol–water partition coefficient (Wildman–Crippen LogP) is 4.83. The number of unbranched alkanes of at least 4 members (excludes halogenated alkanes) is 1. The molecule has 1 heterocycles. The van der Waals surface area contributed by atoms with Crippen molar-refractivity contribution in [3.05, 3.63) is 72.3 Å². The lowest BCUT2D eigenvalue weighted by molar-refractivity contribution is -0.133. The van der Waals surface area contributed by atoms with Gasteiger partial charge in [-0.2, -0.15) is 0 Å². The number of nitrogens with one attached hydrogen (secondary N) is 2. The molecule has 0 aliphatic carbocycles. The molecule has 0 aromatic heterocycles. The third-order valence-corrected chi connectivity index (χ3v) is 6.77. The molecule has 0 saturated carbocycles. The molecule has 1 aliphatic heterocycles. The van der Waals surface area contributed by atoms with Crippen LogP contribution < -0.4 is 20.1 Å². The summed E-state index contributed by atoms with van der Waals surface area (Å²) in [6.45, 7) is 5.75. The van der Waals surface area contributed by atoms with Gasteiger partial charge >= 0.3 is 6.09 Å². The van der Waals surface area contributed by atoms with Crippen molar-refractivity contribution in [3.63, 3.8) is 0 Å². The Morgan fingerprint density at radius 1 is 1.13 bits per heavy atom. The Labute approximate surface area is 226 Å². The Bertz CT molecular complexity index is 1030. The number of methoxy groups -OCH3 is 2. The highest BCUT2D eigenvalue weighted by molar-refractivity contribution is 5.82. The summed E-state index contributed by atoms with van der Waals surface area (Å²) in [6.07, 6.45) is 6.48. The zero-order chi connectivity index (χ0) is 27.2. The summed E-state index contributed by atoms with van der Waals surface area (Å²) in [5, 5.41) is 6.40. The third kappa shape index (κ3) is 9.10. The molecule has 2 amide bonds. The number of benzene rings is 2. The van der Waals surface area contributed by atoms with Crippen molar-refractivity contribution in [1.29, 1.82) is 0 Å². The van der Waals surface area contributed by atoms with Crippen LogP contribution >= 0.6 is 0 Å². The second kappa shape index (κ2) is 15.7. The Balaban J connectivity index is 1.52. The minimum atomic E-state index is -0.429. The van der Waals surface area contributed by atoms with Crippen molar-refractivity contribution in [1.82, 2.24) is 15.5 Å². The van der Waals surface area contributed by atoms with Gasteiger partial charge in [-0.05, 0) is 56.2 Å². The first-order chi connectivity index (χ1) is 18.5. The minimum Gasteiger partial charge on any atom is -0.497 e. The molecular formula is C30H41N3O5. The van der Waals surface area contributed by atoms with Gasteiger partial charge in [0.25, 0.3) is 0 Å². The van der Waals surface area contributed by atoms with Crippen molar-refractivity contribution in [2.45, 2.75) is 63.8 Å². The lowest BCUT2D eigenvalue weighted by Gasteiger charge is -2.25. The fourth-order valence-corrected chi connectivity index (χ4v) is 4.62. The molecule has 8 nitrogen and oxygen atoms in total. The number of hydrogen-bond acceptors (Lipinski definition) is 6. The maximum absolute atomic E-state index is 13.6. The molecule has 0 bridgehead atoms. The highest BCUT2D eigenvalue weighted by atomic mass is 16.5. The van der Waals surface area contributed by atoms with E-state index in [2.05, 4.69) is 17.2 Å². The Morgan fingerprint density at radius 2 is 1.95 bits per heavy atom. The number of ether oxygens (including phenoxy) is 3. The third-order valence-electron chi connectivity index (χ3n) is 6.77. The molecule has 8 heteroatoms. The van der Waals surface area contributed by atoms with E-state index in [1.165, 1.54) is 0 Å². The largest absolute Gasteiger partial charge is 0.497 e. The lowest BCUT2D eigenvalue weighted by atomic mass is 10.0. The summed E-state index contributed by atoms with van der Waals surface area (Å²) < 4.78 is 16.1. The number of nitrogens with zero attached hydrogens (tertiary/aromatic N) is 1. The van der Waals surface area contributed by atoms with E-state index in [-0.39, 0.29) is 24.6 Å². The zero-order valence-electron chi connectivity index (χ0n) is 22.6. The van der Waals surface area contributed by atoms with Crippen LogP contribution in [0.1, 0.15) is 49.7 Å². The fourth-order valence-electron chi connectivity index (χ4n) is 4.62. The molecule has 0 unspecified atom stereocenters. The Hall–Kier alpha value is -3.52. The van der Waals surface area contributed by atoms with Gasteiger partial charge in [-0.1, -0.05) is 36.4 Å².